The minimum Gasteiger partial charge on any atom is -0.335 e. The van der Waals surface area contributed by atoms with Crippen molar-refractivity contribution < 1.29 is 18.0 Å². The summed E-state index contributed by atoms with van der Waals surface area (Å²) in [5.74, 6) is 0. The van der Waals surface area contributed by atoms with E-state index in [9.17, 15) is 18.0 Å². The number of alkyl halides is 4. The lowest BCUT2D eigenvalue weighted by Gasteiger charge is -2.36. The third-order valence-electron chi connectivity index (χ3n) is 6.78. The van der Waals surface area contributed by atoms with Gasteiger partial charge in [0.2, 0.25) is 0 Å². The molecule has 8 heteroatoms. The monoisotopic (exact) mass is 607 g/mol. The standard InChI is InChI=1S/C28H29F3IN3O/c1-19-11-13-22(15-24(19)28(29,30)31)27(16-20-7-3-2-4-8-20,25-14-12-21(17-32)18-33-25)35-26(36)34-23-9-5-6-10-23/h2-4,7-8,11-15,18,23H,5-6,9-10,16-17H2,1H3,(H2,34,35,36)/t27-/m0/s1. The minimum absolute atomic E-state index is 0.0533. The van der Waals surface area contributed by atoms with Gasteiger partial charge in [0.15, 0.2) is 0 Å². The fourth-order valence-corrected chi connectivity index (χ4v) is 5.31. The molecule has 0 spiro atoms. The van der Waals surface area contributed by atoms with Crippen molar-refractivity contribution in [3.05, 3.63) is 100 Å². The van der Waals surface area contributed by atoms with Gasteiger partial charge in [-0.25, -0.2) is 4.79 Å². The maximum Gasteiger partial charge on any atom is 0.416 e. The highest BCUT2D eigenvalue weighted by Gasteiger charge is 2.41. The topological polar surface area (TPSA) is 54.0 Å². The Hall–Kier alpha value is -2.62. The summed E-state index contributed by atoms with van der Waals surface area (Å²) in [5.41, 5.74) is 0.763. The van der Waals surface area contributed by atoms with Crippen molar-refractivity contribution in [1.29, 1.82) is 0 Å². The molecule has 1 aliphatic rings. The Kier molecular flexibility index (Phi) is 8.22. The van der Waals surface area contributed by atoms with Crippen LogP contribution in [-0.4, -0.2) is 17.1 Å². The molecule has 1 aliphatic carbocycles. The summed E-state index contributed by atoms with van der Waals surface area (Å²) in [6.07, 6.45) is 1.32. The normalized spacial score (nSPS) is 15.9. The van der Waals surface area contributed by atoms with E-state index in [-0.39, 0.29) is 18.0 Å². The molecule has 0 saturated heterocycles. The van der Waals surface area contributed by atoms with Crippen LogP contribution in [0, 0.1) is 6.92 Å². The zero-order valence-electron chi connectivity index (χ0n) is 20.0. The van der Waals surface area contributed by atoms with Crippen molar-refractivity contribution in [2.24, 2.45) is 0 Å². The summed E-state index contributed by atoms with van der Waals surface area (Å²) in [6, 6.07) is 17.1. The van der Waals surface area contributed by atoms with Crippen LogP contribution in [0.1, 0.15) is 59.2 Å². The highest BCUT2D eigenvalue weighted by atomic mass is 127. The quantitative estimate of drug-likeness (QED) is 0.223. The van der Waals surface area contributed by atoms with Crippen LogP contribution in [0.4, 0.5) is 18.0 Å². The molecule has 1 fully saturated rings. The molecule has 1 saturated carbocycles. The van der Waals surface area contributed by atoms with Gasteiger partial charge in [0.25, 0.3) is 0 Å². The second-order valence-electron chi connectivity index (χ2n) is 9.36. The Bertz CT molecular complexity index is 1180. The Labute approximate surface area is 223 Å². The molecule has 4 rings (SSSR count). The van der Waals surface area contributed by atoms with Crippen LogP contribution in [-0.2, 0) is 22.6 Å². The van der Waals surface area contributed by atoms with Crippen LogP contribution < -0.4 is 10.6 Å². The van der Waals surface area contributed by atoms with Gasteiger partial charge >= 0.3 is 12.2 Å². The van der Waals surface area contributed by atoms with E-state index in [0.29, 0.717) is 11.3 Å². The second-order valence-corrected chi connectivity index (χ2v) is 10.1. The van der Waals surface area contributed by atoms with Gasteiger partial charge in [0, 0.05) is 23.1 Å². The summed E-state index contributed by atoms with van der Waals surface area (Å²) in [7, 11) is 0. The summed E-state index contributed by atoms with van der Waals surface area (Å²) in [6.45, 7) is 1.44. The lowest BCUT2D eigenvalue weighted by atomic mass is 9.79. The van der Waals surface area contributed by atoms with Crippen LogP contribution in [0.15, 0.2) is 66.9 Å². The number of rotatable bonds is 7. The van der Waals surface area contributed by atoms with E-state index >= 15 is 0 Å². The van der Waals surface area contributed by atoms with Crippen molar-refractivity contribution in [3.63, 3.8) is 0 Å². The molecule has 2 N–H and O–H groups in total. The number of carbonyl (C=O) groups excluding carboxylic acids is 1. The maximum absolute atomic E-state index is 14.0. The maximum atomic E-state index is 14.0. The van der Waals surface area contributed by atoms with Gasteiger partial charge in [0.05, 0.1) is 11.3 Å². The Morgan fingerprint density at radius 2 is 1.75 bits per heavy atom. The first kappa shape index (κ1) is 26.4. The number of hydrogen-bond donors (Lipinski definition) is 2. The molecule has 1 aromatic heterocycles. The first-order chi connectivity index (χ1) is 17.2. The SMILES string of the molecule is Cc1ccc([C@](Cc2ccccc2)(NC(=O)NC2CCCC2)c2ccc(CI)cn2)cc1C(F)(F)F. The van der Waals surface area contributed by atoms with Crippen LogP contribution in [0.3, 0.4) is 0 Å². The van der Waals surface area contributed by atoms with Crippen LogP contribution in [0.25, 0.3) is 0 Å². The number of halogens is 4. The summed E-state index contributed by atoms with van der Waals surface area (Å²) >= 11 is 2.24. The number of benzene rings is 2. The fraction of sp³-hybridized carbons (Fsp3) is 0.357. The average molecular weight is 607 g/mol. The number of aromatic nitrogens is 1. The van der Waals surface area contributed by atoms with Crippen molar-refractivity contribution in [2.45, 2.75) is 61.2 Å². The number of hydrogen-bond acceptors (Lipinski definition) is 2. The third-order valence-corrected chi connectivity index (χ3v) is 7.66. The molecule has 0 unspecified atom stereocenters. The lowest BCUT2D eigenvalue weighted by molar-refractivity contribution is -0.138. The van der Waals surface area contributed by atoms with Crippen molar-refractivity contribution in [3.8, 4) is 0 Å². The van der Waals surface area contributed by atoms with E-state index in [1.165, 1.54) is 13.0 Å². The van der Waals surface area contributed by atoms with Gasteiger partial charge < -0.3 is 10.6 Å². The zero-order chi connectivity index (χ0) is 25.8. The molecule has 4 nitrogen and oxygen atoms in total. The van der Waals surface area contributed by atoms with E-state index in [4.69, 9.17) is 0 Å². The Morgan fingerprint density at radius 3 is 2.36 bits per heavy atom. The zero-order valence-corrected chi connectivity index (χ0v) is 22.2. The highest BCUT2D eigenvalue weighted by molar-refractivity contribution is 14.1. The van der Waals surface area contributed by atoms with Gasteiger partial charge in [-0.2, -0.15) is 13.2 Å². The molecule has 1 atom stereocenters. The number of nitrogens with one attached hydrogen (secondary N) is 2. The van der Waals surface area contributed by atoms with Crippen molar-refractivity contribution in [2.75, 3.05) is 0 Å². The second kappa shape index (κ2) is 11.2. The number of urea groups is 1. The predicted molar refractivity (Wildman–Crippen MR) is 143 cm³/mol. The molecule has 3 aromatic rings. The third kappa shape index (κ3) is 6.02. The number of carbonyl (C=O) groups is 1. The van der Waals surface area contributed by atoms with Gasteiger partial charge in [0.1, 0.15) is 5.54 Å². The molecule has 0 bridgehead atoms. The van der Waals surface area contributed by atoms with E-state index in [1.54, 1.807) is 18.3 Å². The summed E-state index contributed by atoms with van der Waals surface area (Å²) in [4.78, 5) is 18.0. The molecule has 2 aromatic carbocycles. The number of nitrogens with zero attached hydrogens (tertiary/aromatic N) is 1. The lowest BCUT2D eigenvalue weighted by Crippen LogP contribution is -2.54. The van der Waals surface area contributed by atoms with Gasteiger partial charge in [-0.3, -0.25) is 4.98 Å². The van der Waals surface area contributed by atoms with E-state index in [1.807, 2.05) is 36.4 Å². The minimum atomic E-state index is -4.52. The van der Waals surface area contributed by atoms with Crippen LogP contribution >= 0.6 is 22.6 Å². The van der Waals surface area contributed by atoms with Crippen LogP contribution in [0.5, 0.6) is 0 Å². The number of aryl methyl sites for hydroxylation is 1. The average Bonchev–Trinajstić information content (AvgIpc) is 3.36. The van der Waals surface area contributed by atoms with Crippen molar-refractivity contribution >= 4 is 28.6 Å². The highest BCUT2D eigenvalue weighted by Crippen LogP contribution is 2.38. The number of amides is 2. The van der Waals surface area contributed by atoms with Crippen LogP contribution in [0.2, 0.25) is 0 Å². The summed E-state index contributed by atoms with van der Waals surface area (Å²) in [5, 5.41) is 6.13. The summed E-state index contributed by atoms with van der Waals surface area (Å²) < 4.78 is 42.6. The first-order valence-electron chi connectivity index (χ1n) is 12.0. The van der Waals surface area contributed by atoms with Gasteiger partial charge in [-0.15, -0.1) is 0 Å². The molecular weight excluding hydrogens is 578 g/mol. The number of pyridine rings is 1. The molecule has 190 valence electrons. The molecule has 36 heavy (non-hydrogen) atoms. The van der Waals surface area contributed by atoms with E-state index in [2.05, 4.69) is 38.2 Å². The van der Waals surface area contributed by atoms with E-state index < -0.39 is 23.3 Å². The Balaban J connectivity index is 1.88. The first-order valence-corrected chi connectivity index (χ1v) is 13.6. The fourth-order valence-electron chi connectivity index (χ4n) is 4.86. The Morgan fingerprint density at radius 1 is 1.03 bits per heavy atom. The molecule has 2 amide bonds. The molecule has 0 aliphatic heterocycles. The largest absolute Gasteiger partial charge is 0.416 e. The van der Waals surface area contributed by atoms with Crippen molar-refractivity contribution in [1.82, 2.24) is 15.6 Å². The van der Waals surface area contributed by atoms with E-state index in [0.717, 1.165) is 47.3 Å². The molecule has 1 heterocycles. The van der Waals surface area contributed by atoms with Gasteiger partial charge in [-0.05, 0) is 54.2 Å². The smallest absolute Gasteiger partial charge is 0.335 e. The predicted octanol–water partition coefficient (Wildman–Crippen LogP) is 7.07. The molecular formula is C28H29F3IN3O. The van der Waals surface area contributed by atoms with Gasteiger partial charge in [-0.1, -0.05) is 84.0 Å². The molecule has 0 radical (unpaired) electrons.